The zero-order valence-corrected chi connectivity index (χ0v) is 15.5. The second-order valence-corrected chi connectivity index (χ2v) is 7.01. The average molecular weight is 360 g/mol. The number of hydrogen-bond donors (Lipinski definition) is 3. The lowest BCUT2D eigenvalue weighted by atomic mass is 10.1. The minimum atomic E-state index is -0.804. The van der Waals surface area contributed by atoms with Gasteiger partial charge in [-0.25, -0.2) is 9.80 Å². The molecular weight excluding hydrogens is 328 g/mol. The number of hydrogen-bond acceptors (Lipinski definition) is 5. The van der Waals surface area contributed by atoms with E-state index in [0.717, 1.165) is 25.7 Å². The minimum Gasteiger partial charge on any atom is -0.481 e. The zero-order chi connectivity index (χ0) is 19.3. The fourth-order valence-electron chi connectivity index (χ4n) is 2.16. The molecule has 1 amide bonds. The summed E-state index contributed by atoms with van der Waals surface area (Å²) in [6.45, 7) is 6.55. The van der Waals surface area contributed by atoms with Crippen molar-refractivity contribution in [2.75, 3.05) is 13.1 Å². The summed E-state index contributed by atoms with van der Waals surface area (Å²) in [4.78, 5) is 32.9. The summed E-state index contributed by atoms with van der Waals surface area (Å²) in [5.74, 6) is -1.61. The Kier molecular flexibility index (Phi) is 11.6. The van der Waals surface area contributed by atoms with Crippen LogP contribution in [-0.2, 0) is 14.3 Å². The average Bonchev–Trinajstić information content (AvgIpc) is 2.43. The molecule has 0 bridgehead atoms. The number of rotatable bonds is 13. The van der Waals surface area contributed by atoms with Gasteiger partial charge in [-0.05, 0) is 46.5 Å². The molecule has 0 aliphatic heterocycles. The SMILES string of the molecule is CC(C)(C)OC(=O)NN(CCCCCC(=O)O)CCCCCC(=O)O. The number of hydrazine groups is 1. The van der Waals surface area contributed by atoms with Gasteiger partial charge in [-0.1, -0.05) is 12.8 Å². The highest BCUT2D eigenvalue weighted by molar-refractivity contribution is 5.67. The maximum absolute atomic E-state index is 11.9. The van der Waals surface area contributed by atoms with Crippen LogP contribution < -0.4 is 5.43 Å². The van der Waals surface area contributed by atoms with Crippen molar-refractivity contribution in [3.8, 4) is 0 Å². The van der Waals surface area contributed by atoms with E-state index in [0.29, 0.717) is 25.9 Å². The molecule has 0 aliphatic carbocycles. The summed E-state index contributed by atoms with van der Waals surface area (Å²) < 4.78 is 5.24. The monoisotopic (exact) mass is 360 g/mol. The fourth-order valence-corrected chi connectivity index (χ4v) is 2.16. The van der Waals surface area contributed by atoms with Crippen molar-refractivity contribution >= 4 is 18.0 Å². The zero-order valence-electron chi connectivity index (χ0n) is 15.5. The second kappa shape index (κ2) is 12.5. The van der Waals surface area contributed by atoms with E-state index in [2.05, 4.69) is 5.43 Å². The molecular formula is C17H32N2O6. The molecule has 3 N–H and O–H groups in total. The number of nitrogens with one attached hydrogen (secondary N) is 1. The minimum absolute atomic E-state index is 0.148. The third-order valence-corrected chi connectivity index (χ3v) is 3.29. The quantitative estimate of drug-likeness (QED) is 0.341. The van der Waals surface area contributed by atoms with Crippen molar-refractivity contribution in [3.63, 3.8) is 0 Å². The van der Waals surface area contributed by atoms with Crippen molar-refractivity contribution in [1.29, 1.82) is 0 Å². The van der Waals surface area contributed by atoms with E-state index in [9.17, 15) is 14.4 Å². The highest BCUT2D eigenvalue weighted by Gasteiger charge is 2.18. The normalized spacial score (nSPS) is 11.4. The van der Waals surface area contributed by atoms with Gasteiger partial charge < -0.3 is 14.9 Å². The number of aliphatic carboxylic acids is 2. The highest BCUT2D eigenvalue weighted by Crippen LogP contribution is 2.08. The molecule has 0 radical (unpaired) electrons. The maximum Gasteiger partial charge on any atom is 0.422 e. The molecule has 0 saturated heterocycles. The van der Waals surface area contributed by atoms with Crippen molar-refractivity contribution in [2.45, 2.75) is 77.7 Å². The third-order valence-electron chi connectivity index (χ3n) is 3.29. The predicted molar refractivity (Wildman–Crippen MR) is 93.2 cm³/mol. The summed E-state index contributed by atoms with van der Waals surface area (Å²) in [6.07, 6.45) is 4.03. The third kappa shape index (κ3) is 16.8. The summed E-state index contributed by atoms with van der Waals surface area (Å²) in [5.41, 5.74) is 2.13. The van der Waals surface area contributed by atoms with Crippen LogP contribution >= 0.6 is 0 Å². The van der Waals surface area contributed by atoms with Crippen LogP contribution in [0.1, 0.15) is 72.1 Å². The largest absolute Gasteiger partial charge is 0.481 e. The Labute approximate surface area is 149 Å². The Morgan fingerprint density at radius 1 is 0.840 bits per heavy atom. The van der Waals surface area contributed by atoms with E-state index in [4.69, 9.17) is 14.9 Å². The lowest BCUT2D eigenvalue weighted by molar-refractivity contribution is -0.138. The summed E-state index contributed by atoms with van der Waals surface area (Å²) in [6, 6.07) is 0. The number of amides is 1. The predicted octanol–water partition coefficient (Wildman–Crippen LogP) is 3.02. The van der Waals surface area contributed by atoms with Crippen LogP contribution in [0.2, 0.25) is 0 Å². The molecule has 0 unspecified atom stereocenters. The van der Waals surface area contributed by atoms with E-state index in [1.54, 1.807) is 25.8 Å². The molecule has 0 aromatic rings. The molecule has 0 aromatic carbocycles. The molecule has 0 rings (SSSR count). The standard InChI is InChI=1S/C17H32N2O6/c1-17(2,3)25-16(24)18-19(12-8-4-6-10-14(20)21)13-9-5-7-11-15(22)23/h4-13H2,1-3H3,(H,18,24)(H,20,21)(H,22,23). The first-order valence-electron chi connectivity index (χ1n) is 8.78. The number of unbranched alkanes of at least 4 members (excludes halogenated alkanes) is 4. The van der Waals surface area contributed by atoms with Gasteiger partial charge in [0.25, 0.3) is 0 Å². The molecule has 0 fully saturated rings. The summed E-state index contributed by atoms with van der Waals surface area (Å²) >= 11 is 0. The van der Waals surface area contributed by atoms with Crippen molar-refractivity contribution < 1.29 is 29.3 Å². The molecule has 0 spiro atoms. The van der Waals surface area contributed by atoms with Gasteiger partial charge >= 0.3 is 18.0 Å². The van der Waals surface area contributed by atoms with Crippen molar-refractivity contribution in [2.24, 2.45) is 0 Å². The molecule has 146 valence electrons. The van der Waals surface area contributed by atoms with Crippen LogP contribution in [0.4, 0.5) is 4.79 Å². The van der Waals surface area contributed by atoms with Gasteiger partial charge in [0.1, 0.15) is 5.60 Å². The Balaban J connectivity index is 4.22. The molecule has 0 aromatic heterocycles. The van der Waals surface area contributed by atoms with Gasteiger partial charge in [-0.15, -0.1) is 0 Å². The summed E-state index contributed by atoms with van der Waals surface area (Å²) in [5, 5.41) is 19.0. The van der Waals surface area contributed by atoms with Gasteiger partial charge in [-0.2, -0.15) is 0 Å². The summed E-state index contributed by atoms with van der Waals surface area (Å²) in [7, 11) is 0. The van der Waals surface area contributed by atoms with E-state index in [1.165, 1.54) is 0 Å². The van der Waals surface area contributed by atoms with Crippen LogP contribution in [0.3, 0.4) is 0 Å². The van der Waals surface area contributed by atoms with Crippen molar-refractivity contribution in [1.82, 2.24) is 10.4 Å². The molecule has 0 saturated carbocycles. The smallest absolute Gasteiger partial charge is 0.422 e. The first kappa shape index (κ1) is 23.2. The number of carboxylic acids is 2. The number of ether oxygens (including phenoxy) is 1. The number of carbonyl (C=O) groups is 3. The first-order valence-corrected chi connectivity index (χ1v) is 8.78. The molecule has 8 heteroatoms. The first-order chi connectivity index (χ1) is 11.6. The molecule has 0 heterocycles. The highest BCUT2D eigenvalue weighted by atomic mass is 16.6. The topological polar surface area (TPSA) is 116 Å². The van der Waals surface area contributed by atoms with Gasteiger partial charge in [0.05, 0.1) is 0 Å². The Morgan fingerprint density at radius 3 is 1.64 bits per heavy atom. The van der Waals surface area contributed by atoms with Crippen LogP contribution in [0.25, 0.3) is 0 Å². The lowest BCUT2D eigenvalue weighted by Gasteiger charge is -2.26. The van der Waals surface area contributed by atoms with Gasteiger partial charge in [0.15, 0.2) is 0 Å². The number of carboxylic acid groups (broad SMARTS) is 2. The molecule has 0 aliphatic rings. The Morgan fingerprint density at radius 2 is 1.28 bits per heavy atom. The molecule has 25 heavy (non-hydrogen) atoms. The van der Waals surface area contributed by atoms with E-state index in [1.807, 2.05) is 0 Å². The van der Waals surface area contributed by atoms with Crippen LogP contribution in [0.5, 0.6) is 0 Å². The Bertz CT molecular complexity index is 396. The van der Waals surface area contributed by atoms with Crippen LogP contribution in [0.15, 0.2) is 0 Å². The van der Waals surface area contributed by atoms with E-state index < -0.39 is 23.6 Å². The van der Waals surface area contributed by atoms with Crippen LogP contribution in [0, 0.1) is 0 Å². The van der Waals surface area contributed by atoms with Crippen molar-refractivity contribution in [3.05, 3.63) is 0 Å². The number of nitrogens with zero attached hydrogens (tertiary/aromatic N) is 1. The fraction of sp³-hybridized carbons (Fsp3) is 0.824. The van der Waals surface area contributed by atoms with Gasteiger partial charge in [0.2, 0.25) is 0 Å². The van der Waals surface area contributed by atoms with Crippen LogP contribution in [-0.4, -0.2) is 51.9 Å². The van der Waals surface area contributed by atoms with E-state index >= 15 is 0 Å². The van der Waals surface area contributed by atoms with Gasteiger partial charge in [0, 0.05) is 25.9 Å². The Hall–Kier alpha value is -1.83. The second-order valence-electron chi connectivity index (χ2n) is 7.01. The molecule has 8 nitrogen and oxygen atoms in total. The number of carbonyl (C=O) groups excluding carboxylic acids is 1. The van der Waals surface area contributed by atoms with Gasteiger partial charge in [-0.3, -0.25) is 15.0 Å². The van der Waals surface area contributed by atoms with E-state index in [-0.39, 0.29) is 12.8 Å². The lowest BCUT2D eigenvalue weighted by Crippen LogP contribution is -2.45. The maximum atomic E-state index is 11.9. The molecule has 0 atom stereocenters.